The number of rotatable bonds is 6. The predicted molar refractivity (Wildman–Crippen MR) is 100 cm³/mol. The molecule has 8 nitrogen and oxygen atoms in total. The first-order chi connectivity index (χ1) is 12.7. The van der Waals surface area contributed by atoms with Gasteiger partial charge >= 0.3 is 5.97 Å². The Balaban J connectivity index is 1.50. The lowest BCUT2D eigenvalue weighted by Gasteiger charge is -2.26. The molecule has 2 atom stereocenters. The maximum atomic E-state index is 12.4. The third-order valence-electron chi connectivity index (χ3n) is 4.35. The summed E-state index contributed by atoms with van der Waals surface area (Å²) in [6.45, 7) is 1.48. The Morgan fingerprint density at radius 2 is 2.15 bits per heavy atom. The number of hydrogen-bond acceptors (Lipinski definition) is 8. The summed E-state index contributed by atoms with van der Waals surface area (Å²) in [6.07, 6.45) is -0.589. The van der Waals surface area contributed by atoms with Crippen molar-refractivity contribution in [1.82, 2.24) is 9.88 Å². The minimum atomic E-state index is -3.10. The van der Waals surface area contributed by atoms with Crippen molar-refractivity contribution in [2.24, 2.45) is 0 Å². The van der Waals surface area contributed by atoms with E-state index in [0.717, 1.165) is 11.8 Å². The highest BCUT2D eigenvalue weighted by Crippen LogP contribution is 2.23. The van der Waals surface area contributed by atoms with E-state index in [0.29, 0.717) is 22.7 Å². The number of para-hydroxylation sites is 2. The van der Waals surface area contributed by atoms with E-state index in [-0.39, 0.29) is 23.3 Å². The van der Waals surface area contributed by atoms with Crippen molar-refractivity contribution in [3.63, 3.8) is 0 Å². The number of ether oxygens (including phenoxy) is 1. The molecule has 1 aliphatic heterocycles. The molecule has 0 unspecified atom stereocenters. The average Bonchev–Trinajstić information content (AvgIpc) is 3.21. The lowest BCUT2D eigenvalue weighted by molar-refractivity contribution is -0.157. The number of likely N-dealkylation sites (N-methyl/N-ethyl adjacent to an activating group) is 1. The minimum absolute atomic E-state index is 0.0496. The summed E-state index contributed by atoms with van der Waals surface area (Å²) >= 11 is 1.08. The standard InChI is InChI=1S/C17H20N2O6S2/c1-11(16(21)19(2)12-7-8-27(22,23)10-12)24-15(20)9-26-17-18-13-5-3-4-6-14(13)25-17/h3-6,11-12H,7-10H2,1-2H3/t11-,12-/m0/s1. The van der Waals surface area contributed by atoms with Crippen molar-refractivity contribution in [1.29, 1.82) is 0 Å². The fourth-order valence-electron chi connectivity index (χ4n) is 2.86. The highest BCUT2D eigenvalue weighted by Gasteiger charge is 2.34. The van der Waals surface area contributed by atoms with Gasteiger partial charge in [0.15, 0.2) is 21.5 Å². The first-order valence-corrected chi connectivity index (χ1v) is 11.2. The second-order valence-corrected chi connectivity index (χ2v) is 9.53. The maximum absolute atomic E-state index is 12.4. The van der Waals surface area contributed by atoms with Gasteiger partial charge in [0.2, 0.25) is 0 Å². The molecule has 1 aromatic heterocycles. The van der Waals surface area contributed by atoms with Gasteiger partial charge < -0.3 is 14.1 Å². The Bertz CT molecular complexity index is 922. The number of sulfone groups is 1. The SMILES string of the molecule is C[C@H](OC(=O)CSc1nc2ccccc2o1)C(=O)N(C)[C@H]1CCS(=O)(=O)C1. The molecule has 10 heteroatoms. The topological polar surface area (TPSA) is 107 Å². The third-order valence-corrected chi connectivity index (χ3v) is 6.90. The van der Waals surface area contributed by atoms with E-state index >= 15 is 0 Å². The van der Waals surface area contributed by atoms with E-state index in [9.17, 15) is 18.0 Å². The quantitative estimate of drug-likeness (QED) is 0.519. The molecule has 1 fully saturated rings. The van der Waals surface area contributed by atoms with Crippen molar-refractivity contribution in [3.8, 4) is 0 Å². The second kappa shape index (κ2) is 7.89. The van der Waals surface area contributed by atoms with Gasteiger partial charge in [-0.2, -0.15) is 0 Å². The van der Waals surface area contributed by atoms with Crippen molar-refractivity contribution in [3.05, 3.63) is 24.3 Å². The van der Waals surface area contributed by atoms with Crippen molar-refractivity contribution in [2.75, 3.05) is 24.3 Å². The zero-order chi connectivity index (χ0) is 19.6. The first kappa shape index (κ1) is 19.7. The Morgan fingerprint density at radius 1 is 1.41 bits per heavy atom. The largest absolute Gasteiger partial charge is 0.452 e. The van der Waals surface area contributed by atoms with E-state index < -0.39 is 27.8 Å². The molecule has 27 heavy (non-hydrogen) atoms. The van der Waals surface area contributed by atoms with Gasteiger partial charge in [-0.1, -0.05) is 23.9 Å². The van der Waals surface area contributed by atoms with Crippen LogP contribution in [0.3, 0.4) is 0 Å². The van der Waals surface area contributed by atoms with Gasteiger partial charge in [0.05, 0.1) is 11.5 Å². The molecule has 0 spiro atoms. The summed E-state index contributed by atoms with van der Waals surface area (Å²) in [5, 5.41) is 0.348. The monoisotopic (exact) mass is 412 g/mol. The predicted octanol–water partition coefficient (Wildman–Crippen LogP) is 1.50. The van der Waals surface area contributed by atoms with Gasteiger partial charge in [0.25, 0.3) is 11.1 Å². The van der Waals surface area contributed by atoms with Crippen LogP contribution >= 0.6 is 11.8 Å². The first-order valence-electron chi connectivity index (χ1n) is 8.40. The molecule has 0 N–H and O–H groups in total. The molecule has 0 saturated carbocycles. The van der Waals surface area contributed by atoms with Crippen LogP contribution in [0.15, 0.2) is 33.9 Å². The molecule has 0 bridgehead atoms. The molecule has 3 rings (SSSR count). The molecule has 1 saturated heterocycles. The molecular formula is C17H20N2O6S2. The van der Waals surface area contributed by atoms with E-state index in [1.165, 1.54) is 18.9 Å². The number of oxazole rings is 1. The minimum Gasteiger partial charge on any atom is -0.452 e. The molecule has 1 amide bonds. The Hall–Kier alpha value is -2.07. The zero-order valence-corrected chi connectivity index (χ0v) is 16.6. The summed E-state index contributed by atoms with van der Waals surface area (Å²) in [5.41, 5.74) is 1.33. The molecule has 2 aromatic rings. The van der Waals surface area contributed by atoms with Gasteiger partial charge in [0, 0.05) is 13.1 Å². The molecule has 0 aliphatic carbocycles. The number of benzene rings is 1. The van der Waals surface area contributed by atoms with Crippen LogP contribution in [0.25, 0.3) is 11.1 Å². The number of carbonyl (C=O) groups excluding carboxylic acids is 2. The van der Waals surface area contributed by atoms with Crippen LogP contribution in [0.1, 0.15) is 13.3 Å². The number of hydrogen-bond donors (Lipinski definition) is 0. The van der Waals surface area contributed by atoms with E-state index in [1.54, 1.807) is 12.1 Å². The average molecular weight is 412 g/mol. The van der Waals surface area contributed by atoms with Crippen LogP contribution in [0.4, 0.5) is 0 Å². The third kappa shape index (κ3) is 4.81. The molecule has 146 valence electrons. The van der Waals surface area contributed by atoms with Gasteiger partial charge in [0.1, 0.15) is 11.3 Å². The summed E-state index contributed by atoms with van der Waals surface area (Å²) in [5.74, 6) is -1.02. The summed E-state index contributed by atoms with van der Waals surface area (Å²) in [7, 11) is -1.56. The number of aromatic nitrogens is 1. The van der Waals surface area contributed by atoms with Crippen LogP contribution in [0.2, 0.25) is 0 Å². The Kier molecular flexibility index (Phi) is 5.75. The van der Waals surface area contributed by atoms with Gasteiger partial charge in [-0.3, -0.25) is 9.59 Å². The molecular weight excluding hydrogens is 392 g/mol. The Labute approximate surface area is 161 Å². The van der Waals surface area contributed by atoms with Crippen molar-refractivity contribution in [2.45, 2.75) is 30.7 Å². The van der Waals surface area contributed by atoms with Crippen LogP contribution in [-0.4, -0.2) is 66.6 Å². The van der Waals surface area contributed by atoms with Crippen LogP contribution < -0.4 is 0 Å². The fourth-order valence-corrected chi connectivity index (χ4v) is 5.26. The van der Waals surface area contributed by atoms with Crippen LogP contribution in [0, 0.1) is 0 Å². The van der Waals surface area contributed by atoms with E-state index in [2.05, 4.69) is 4.98 Å². The molecule has 2 heterocycles. The molecule has 1 aliphatic rings. The highest BCUT2D eigenvalue weighted by atomic mass is 32.2. The summed E-state index contributed by atoms with van der Waals surface area (Å²) in [6, 6.07) is 6.88. The lowest BCUT2D eigenvalue weighted by Crippen LogP contribution is -2.44. The number of nitrogens with zero attached hydrogens (tertiary/aromatic N) is 2. The Morgan fingerprint density at radius 3 is 2.81 bits per heavy atom. The van der Waals surface area contributed by atoms with Crippen LogP contribution in [0.5, 0.6) is 0 Å². The lowest BCUT2D eigenvalue weighted by atomic mass is 10.2. The zero-order valence-electron chi connectivity index (χ0n) is 15.0. The molecule has 0 radical (unpaired) electrons. The molecule has 1 aromatic carbocycles. The number of carbonyl (C=O) groups is 2. The van der Waals surface area contributed by atoms with Crippen molar-refractivity contribution < 1.29 is 27.2 Å². The van der Waals surface area contributed by atoms with E-state index in [1.807, 2.05) is 12.1 Å². The van der Waals surface area contributed by atoms with Gasteiger partial charge in [-0.05, 0) is 25.5 Å². The normalized spacial score (nSPS) is 19.7. The fraction of sp³-hybridized carbons (Fsp3) is 0.471. The maximum Gasteiger partial charge on any atom is 0.317 e. The van der Waals surface area contributed by atoms with Gasteiger partial charge in [-0.15, -0.1) is 0 Å². The summed E-state index contributed by atoms with van der Waals surface area (Å²) in [4.78, 5) is 30.0. The number of thioether (sulfide) groups is 1. The van der Waals surface area contributed by atoms with Crippen LogP contribution in [-0.2, 0) is 24.2 Å². The second-order valence-electron chi connectivity index (χ2n) is 6.37. The number of esters is 1. The number of fused-ring (bicyclic) bond motifs is 1. The van der Waals surface area contributed by atoms with Gasteiger partial charge in [-0.25, -0.2) is 13.4 Å². The number of amides is 1. The summed E-state index contributed by atoms with van der Waals surface area (Å²) < 4.78 is 33.8. The van der Waals surface area contributed by atoms with E-state index in [4.69, 9.17) is 9.15 Å². The smallest absolute Gasteiger partial charge is 0.317 e. The highest BCUT2D eigenvalue weighted by molar-refractivity contribution is 7.99. The van der Waals surface area contributed by atoms with Crippen molar-refractivity contribution >= 4 is 44.6 Å².